The molecule has 5 heterocycles. The van der Waals surface area contributed by atoms with E-state index in [9.17, 15) is 46.3 Å². The van der Waals surface area contributed by atoms with Gasteiger partial charge in [0.25, 0.3) is 11.8 Å². The van der Waals surface area contributed by atoms with Crippen LogP contribution in [0.3, 0.4) is 0 Å². The second kappa shape index (κ2) is 25.1. The maximum absolute atomic E-state index is 15.2. The lowest BCUT2D eigenvalue weighted by Gasteiger charge is -2.54. The Morgan fingerprint density at radius 3 is 1.42 bits per heavy atom. The van der Waals surface area contributed by atoms with Crippen LogP contribution in [0.15, 0.2) is 101 Å². The molecule has 4 aromatic carbocycles. The highest BCUT2D eigenvalue weighted by Gasteiger charge is 2.50. The summed E-state index contributed by atoms with van der Waals surface area (Å²) in [5, 5.41) is 8.65. The molecule has 5 aromatic rings. The Hall–Kier alpha value is -8.18. The van der Waals surface area contributed by atoms with Crippen molar-refractivity contribution in [2.24, 2.45) is 10.8 Å². The van der Waals surface area contributed by atoms with Gasteiger partial charge in [-0.2, -0.15) is 17.6 Å². The summed E-state index contributed by atoms with van der Waals surface area (Å²) < 4.78 is 96.6. The molecule has 83 heavy (non-hydrogen) atoms. The van der Waals surface area contributed by atoms with E-state index < -0.39 is 59.8 Å². The van der Waals surface area contributed by atoms with Crippen molar-refractivity contribution in [2.75, 3.05) is 68.7 Å². The number of piperidine rings is 2. The third kappa shape index (κ3) is 15.3. The number of aromatic nitrogens is 2. The van der Waals surface area contributed by atoms with Gasteiger partial charge in [0.2, 0.25) is 5.89 Å². The summed E-state index contributed by atoms with van der Waals surface area (Å²) in [6, 6.07) is 25.0. The summed E-state index contributed by atoms with van der Waals surface area (Å²) in [6.07, 6.45) is -3.84. The van der Waals surface area contributed by atoms with Crippen LogP contribution in [-0.2, 0) is 27.4 Å². The average molecular weight is 1160 g/mol. The Kier molecular flexibility index (Phi) is 18.4. The van der Waals surface area contributed by atoms with Crippen LogP contribution in [0.5, 0.6) is 0 Å². The lowest BCUT2D eigenvalue weighted by molar-refractivity contribution is -0.131. The predicted molar refractivity (Wildman–Crippen MR) is 293 cm³/mol. The van der Waals surface area contributed by atoms with Crippen molar-refractivity contribution < 1.29 is 69.0 Å². The number of nitrogens with one attached hydrogen (secondary N) is 1. The lowest BCUT2D eigenvalue weighted by atomic mass is 9.72. The van der Waals surface area contributed by atoms with Crippen molar-refractivity contribution in [1.82, 2.24) is 35.1 Å². The van der Waals surface area contributed by atoms with Gasteiger partial charge in [0.15, 0.2) is 5.78 Å². The van der Waals surface area contributed by atoms with Gasteiger partial charge in [-0.15, -0.1) is 10.2 Å². The Morgan fingerprint density at radius 1 is 0.602 bits per heavy atom. The van der Waals surface area contributed by atoms with Crippen LogP contribution in [0.4, 0.5) is 56.9 Å². The van der Waals surface area contributed by atoms with Gasteiger partial charge in [0.05, 0.1) is 19.6 Å². The Bertz CT molecular complexity index is 3130. The number of anilines is 2. The molecule has 2 spiro atoms. The van der Waals surface area contributed by atoms with Gasteiger partial charge in [-0.3, -0.25) is 19.4 Å². The minimum atomic E-state index is -3.26. The molecule has 18 nitrogen and oxygen atoms in total. The van der Waals surface area contributed by atoms with Crippen LogP contribution in [0.1, 0.15) is 101 Å². The first-order valence-electron chi connectivity index (χ1n) is 27.2. The summed E-state index contributed by atoms with van der Waals surface area (Å²) >= 11 is 0. The molecule has 4 aliphatic rings. The maximum atomic E-state index is 15.2. The third-order valence-corrected chi connectivity index (χ3v) is 14.8. The molecule has 0 bridgehead atoms. The lowest BCUT2D eigenvalue weighted by Crippen LogP contribution is -2.64. The number of hydrogen-bond donors (Lipinski definition) is 1. The molecular weight excluding hydrogens is 1090 g/mol. The number of carbonyl (C=O) groups excluding carboxylic acids is 6. The minimum absolute atomic E-state index is 0.0446. The van der Waals surface area contributed by atoms with Crippen LogP contribution in [0.25, 0.3) is 11.5 Å². The number of hydrogen-bond acceptors (Lipinski definition) is 11. The van der Waals surface area contributed by atoms with Crippen molar-refractivity contribution in [3.63, 3.8) is 0 Å². The fraction of sp³-hybridized carbons (Fsp3) is 0.458. The highest BCUT2D eigenvalue weighted by molar-refractivity contribution is 6.00. The normalized spacial score (nSPS) is 16.4. The van der Waals surface area contributed by atoms with Crippen LogP contribution in [0.2, 0.25) is 0 Å². The van der Waals surface area contributed by atoms with Crippen molar-refractivity contribution in [3.05, 3.63) is 131 Å². The van der Waals surface area contributed by atoms with E-state index in [1.54, 1.807) is 79.5 Å². The second-order valence-corrected chi connectivity index (χ2v) is 23.4. The number of amides is 7. The molecule has 1 N–H and O–H groups in total. The van der Waals surface area contributed by atoms with Gasteiger partial charge in [-0.25, -0.2) is 28.0 Å². The average Bonchev–Trinajstić information content (AvgIpc) is 2.42. The molecule has 24 heteroatoms. The zero-order chi connectivity index (χ0) is 60.0. The summed E-state index contributed by atoms with van der Waals surface area (Å²) in [4.78, 5) is 85.4. The summed E-state index contributed by atoms with van der Waals surface area (Å²) in [5.74, 6) is -4.75. The smallest absolute Gasteiger partial charge is 0.410 e. The first kappa shape index (κ1) is 60.9. The molecule has 0 aliphatic carbocycles. The fourth-order valence-corrected chi connectivity index (χ4v) is 10.3. The molecule has 7 amide bonds. The van der Waals surface area contributed by atoms with Gasteiger partial charge >= 0.3 is 37.1 Å². The number of urea groups is 2. The van der Waals surface area contributed by atoms with E-state index in [4.69, 9.17) is 13.9 Å². The number of nitrogens with zero attached hydrogens (tertiary/aromatic N) is 8. The van der Waals surface area contributed by atoms with Crippen LogP contribution in [0, 0.1) is 22.5 Å². The number of alkyl halides is 4. The summed E-state index contributed by atoms with van der Waals surface area (Å²) in [5.41, 5.74) is 0.345. The fourth-order valence-electron chi connectivity index (χ4n) is 10.3. The molecule has 4 saturated heterocycles. The van der Waals surface area contributed by atoms with E-state index in [1.165, 1.54) is 34.1 Å². The van der Waals surface area contributed by atoms with Gasteiger partial charge < -0.3 is 38.8 Å². The highest BCUT2D eigenvalue weighted by Crippen LogP contribution is 2.43. The quantitative estimate of drug-likeness (QED) is 0.0923. The molecule has 4 aliphatic heterocycles. The standard InChI is InChI=1S/C30H35F3N4O5.C29H32F3N5O4/c1-29(2,3)42-28(41)35-13-11-30(12-14-35)18-36(19-30)27(40)37(22-7-5-4-6-8-22)17-21-10-9-20(15-23(21)31)24(38)16-34-26(39)25(32)33;1-28(2,3)41-27(39)35-13-11-29(12-14-35)17-36(18-29)26(38)37(21-7-5-4-6-8-21)16-20-10-9-19(15-22(20)30)24-33-34-25(40-24)23(31)32/h4-10,15,25H,11-14,16-19H2,1-3H3,(H,34,39);4-10,15,23H,11-14,16-18H2,1-3H3. The Morgan fingerprint density at radius 2 is 1.04 bits per heavy atom. The van der Waals surface area contributed by atoms with E-state index in [-0.39, 0.29) is 76.3 Å². The first-order valence-corrected chi connectivity index (χ1v) is 27.2. The number of para-hydroxylation sites is 2. The number of ether oxygens (including phenoxy) is 2. The van der Waals surface area contributed by atoms with Gasteiger partial charge in [-0.05, 0) is 110 Å². The molecule has 0 radical (unpaired) electrons. The topological polar surface area (TPSA) is 191 Å². The van der Waals surface area contributed by atoms with E-state index in [0.29, 0.717) is 63.7 Å². The van der Waals surface area contributed by atoms with Crippen LogP contribution in [-0.4, -0.2) is 142 Å². The SMILES string of the molecule is CC(C)(C)OC(=O)N1CCC2(CC1)CN(C(=O)N(Cc1ccc(-c3nnc(C(F)F)o3)cc1F)c1ccccc1)C2.CC(C)(C)OC(=O)N1CCC2(CC1)CN(C(=O)N(Cc1ccc(C(=O)CNC(=O)C(F)F)cc1F)c1ccccc1)C2. The molecule has 444 valence electrons. The molecule has 1 aromatic heterocycles. The molecule has 0 unspecified atom stereocenters. The van der Waals surface area contributed by atoms with Gasteiger partial charge in [-0.1, -0.05) is 54.6 Å². The predicted octanol–water partition coefficient (Wildman–Crippen LogP) is 11.1. The zero-order valence-electron chi connectivity index (χ0n) is 47.0. The molecule has 0 atom stereocenters. The van der Waals surface area contributed by atoms with Crippen LogP contribution < -0.4 is 15.1 Å². The number of benzene rings is 4. The van der Waals surface area contributed by atoms with E-state index in [2.05, 4.69) is 10.2 Å². The largest absolute Gasteiger partial charge is 0.444 e. The Balaban J connectivity index is 0.000000217. The number of likely N-dealkylation sites (tertiary alicyclic amines) is 4. The molecular formula is C59H67F6N9O9. The van der Waals surface area contributed by atoms with Crippen LogP contribution >= 0.6 is 0 Å². The van der Waals surface area contributed by atoms with Crippen molar-refractivity contribution in [3.8, 4) is 11.5 Å². The van der Waals surface area contributed by atoms with Crippen molar-refractivity contribution in [1.29, 1.82) is 0 Å². The number of Topliss-reactive ketones (excluding diaryl/α,β-unsaturated/α-hetero) is 1. The van der Waals surface area contributed by atoms with Crippen molar-refractivity contribution >= 4 is 47.3 Å². The first-order chi connectivity index (χ1) is 39.2. The molecule has 4 fully saturated rings. The van der Waals surface area contributed by atoms with Gasteiger partial charge in [0.1, 0.15) is 22.8 Å². The van der Waals surface area contributed by atoms with E-state index >= 15 is 8.78 Å². The third-order valence-electron chi connectivity index (χ3n) is 14.8. The number of halogens is 6. The van der Waals surface area contributed by atoms with E-state index in [0.717, 1.165) is 37.8 Å². The minimum Gasteiger partial charge on any atom is -0.444 e. The molecule has 0 saturated carbocycles. The Labute approximate surface area is 476 Å². The molecule has 9 rings (SSSR count). The monoisotopic (exact) mass is 1160 g/mol. The number of ketones is 1. The zero-order valence-corrected chi connectivity index (χ0v) is 47.0. The summed E-state index contributed by atoms with van der Waals surface area (Å²) in [7, 11) is 0. The van der Waals surface area contributed by atoms with E-state index in [1.807, 2.05) is 47.6 Å². The second-order valence-electron chi connectivity index (χ2n) is 23.4. The maximum Gasteiger partial charge on any atom is 0.410 e. The van der Waals surface area contributed by atoms with Gasteiger partial charge in [0, 0.05) is 96.8 Å². The highest BCUT2D eigenvalue weighted by atomic mass is 19.3. The van der Waals surface area contributed by atoms with Crippen molar-refractivity contribution in [2.45, 2.75) is 104 Å². The number of carbonyl (C=O) groups is 6. The summed E-state index contributed by atoms with van der Waals surface area (Å²) in [6.45, 7) is 14.5. The number of rotatable bonds is 12.